The molecule has 1 aromatic carbocycles. The monoisotopic (exact) mass is 234 g/mol. The van der Waals surface area contributed by atoms with Gasteiger partial charge in [0.05, 0.1) is 6.42 Å². The van der Waals surface area contributed by atoms with Gasteiger partial charge >= 0.3 is 5.97 Å². The van der Waals surface area contributed by atoms with Gasteiger partial charge in [-0.2, -0.15) is 0 Å². The maximum atomic E-state index is 10.9. The van der Waals surface area contributed by atoms with Gasteiger partial charge in [-0.15, -0.1) is 11.8 Å². The van der Waals surface area contributed by atoms with Crippen LogP contribution in [-0.2, 0) is 16.6 Å². The van der Waals surface area contributed by atoms with E-state index in [1.807, 2.05) is 11.8 Å². The van der Waals surface area contributed by atoms with E-state index in [1.165, 1.54) is 16.0 Å². The number of carboxylic acid groups (broad SMARTS) is 1. The highest BCUT2D eigenvalue weighted by Gasteiger charge is 2.47. The maximum absolute atomic E-state index is 10.9. The van der Waals surface area contributed by atoms with Crippen LogP contribution in [0.15, 0.2) is 23.1 Å². The molecule has 1 aromatic rings. The van der Waals surface area contributed by atoms with Gasteiger partial charge < -0.3 is 5.11 Å². The SMILES string of the molecule is O=C(O)CC1(c2cccc3c2SCC3)CC1. The van der Waals surface area contributed by atoms with Crippen LogP contribution in [0.2, 0.25) is 0 Å². The fourth-order valence-electron chi connectivity index (χ4n) is 2.61. The molecule has 2 aliphatic rings. The van der Waals surface area contributed by atoms with Crippen molar-refractivity contribution in [1.82, 2.24) is 0 Å². The predicted molar refractivity (Wildman–Crippen MR) is 64.0 cm³/mol. The summed E-state index contributed by atoms with van der Waals surface area (Å²) in [4.78, 5) is 12.3. The van der Waals surface area contributed by atoms with E-state index in [1.54, 1.807) is 0 Å². The van der Waals surface area contributed by atoms with Gasteiger partial charge in [0.25, 0.3) is 0 Å². The summed E-state index contributed by atoms with van der Waals surface area (Å²) in [5, 5.41) is 8.99. The molecule has 16 heavy (non-hydrogen) atoms. The Labute approximate surface area is 99.1 Å². The quantitative estimate of drug-likeness (QED) is 0.873. The molecule has 0 aromatic heterocycles. The third-order valence-corrected chi connectivity index (χ3v) is 4.81. The average molecular weight is 234 g/mol. The third kappa shape index (κ3) is 1.54. The summed E-state index contributed by atoms with van der Waals surface area (Å²) in [6, 6.07) is 6.39. The van der Waals surface area contributed by atoms with Crippen molar-refractivity contribution in [3.8, 4) is 0 Å². The number of hydrogen-bond acceptors (Lipinski definition) is 2. The Bertz CT molecular complexity index is 449. The van der Waals surface area contributed by atoms with Crippen LogP contribution in [0.1, 0.15) is 30.4 Å². The van der Waals surface area contributed by atoms with E-state index in [2.05, 4.69) is 18.2 Å². The zero-order valence-electron chi connectivity index (χ0n) is 9.03. The molecule has 1 fully saturated rings. The van der Waals surface area contributed by atoms with Gasteiger partial charge in [0.15, 0.2) is 0 Å². The van der Waals surface area contributed by atoms with E-state index < -0.39 is 5.97 Å². The first-order valence-electron chi connectivity index (χ1n) is 5.68. The number of aliphatic carboxylic acids is 1. The molecule has 0 saturated heterocycles. The maximum Gasteiger partial charge on any atom is 0.304 e. The van der Waals surface area contributed by atoms with Gasteiger partial charge in [-0.25, -0.2) is 0 Å². The lowest BCUT2D eigenvalue weighted by molar-refractivity contribution is -0.137. The van der Waals surface area contributed by atoms with Crippen LogP contribution in [0, 0.1) is 0 Å². The molecule has 1 heterocycles. The number of aryl methyl sites for hydroxylation is 1. The Morgan fingerprint density at radius 2 is 2.25 bits per heavy atom. The third-order valence-electron chi connectivity index (χ3n) is 3.63. The van der Waals surface area contributed by atoms with Crippen LogP contribution in [-0.4, -0.2) is 16.8 Å². The lowest BCUT2D eigenvalue weighted by Gasteiger charge is -2.16. The number of rotatable bonds is 3. The second kappa shape index (κ2) is 3.52. The Morgan fingerprint density at radius 3 is 2.94 bits per heavy atom. The molecule has 0 unspecified atom stereocenters. The summed E-state index contributed by atoms with van der Waals surface area (Å²) >= 11 is 1.90. The van der Waals surface area contributed by atoms with Crippen LogP contribution < -0.4 is 0 Å². The van der Waals surface area contributed by atoms with E-state index in [0.29, 0.717) is 6.42 Å². The minimum atomic E-state index is -0.668. The summed E-state index contributed by atoms with van der Waals surface area (Å²) in [6.07, 6.45) is 3.51. The summed E-state index contributed by atoms with van der Waals surface area (Å²) in [7, 11) is 0. The van der Waals surface area contributed by atoms with Gasteiger partial charge in [-0.1, -0.05) is 18.2 Å². The smallest absolute Gasteiger partial charge is 0.304 e. The molecule has 1 saturated carbocycles. The molecule has 0 atom stereocenters. The first-order chi connectivity index (χ1) is 7.71. The fourth-order valence-corrected chi connectivity index (χ4v) is 3.94. The van der Waals surface area contributed by atoms with Gasteiger partial charge in [0.2, 0.25) is 0 Å². The van der Waals surface area contributed by atoms with Crippen molar-refractivity contribution in [2.75, 3.05) is 5.75 Å². The lowest BCUT2D eigenvalue weighted by Crippen LogP contribution is -2.14. The first kappa shape index (κ1) is 10.2. The molecule has 0 amide bonds. The molecule has 0 spiro atoms. The molecule has 0 bridgehead atoms. The van der Waals surface area contributed by atoms with Crippen LogP contribution in [0.5, 0.6) is 0 Å². The minimum absolute atomic E-state index is 0.0332. The normalized spacial score (nSPS) is 20.5. The highest BCUT2D eigenvalue weighted by Crippen LogP contribution is 2.55. The lowest BCUT2D eigenvalue weighted by atomic mass is 9.91. The molecular formula is C13H14O2S. The summed E-state index contributed by atoms with van der Waals surface area (Å²) in [5.74, 6) is 0.480. The minimum Gasteiger partial charge on any atom is -0.481 e. The fraction of sp³-hybridized carbons (Fsp3) is 0.462. The zero-order chi connectivity index (χ0) is 11.2. The van der Waals surface area contributed by atoms with E-state index >= 15 is 0 Å². The molecule has 2 nitrogen and oxygen atoms in total. The Hall–Kier alpha value is -0.960. The van der Waals surface area contributed by atoms with Crippen LogP contribution in [0.4, 0.5) is 0 Å². The second-order valence-corrected chi connectivity index (χ2v) is 5.85. The standard InChI is InChI=1S/C13H14O2S/c14-11(15)8-13(5-6-13)10-3-1-2-9-4-7-16-12(9)10/h1-3H,4-8H2,(H,14,15). The first-order valence-corrected chi connectivity index (χ1v) is 6.67. The summed E-state index contributed by atoms with van der Waals surface area (Å²) in [5.41, 5.74) is 2.68. The molecule has 1 aliphatic carbocycles. The molecular weight excluding hydrogens is 220 g/mol. The van der Waals surface area contributed by atoms with Crippen molar-refractivity contribution in [2.24, 2.45) is 0 Å². The van der Waals surface area contributed by atoms with Crippen LogP contribution in [0.25, 0.3) is 0 Å². The largest absolute Gasteiger partial charge is 0.481 e. The number of thioether (sulfide) groups is 1. The van der Waals surface area contributed by atoms with Crippen molar-refractivity contribution in [2.45, 2.75) is 36.0 Å². The number of benzene rings is 1. The van der Waals surface area contributed by atoms with Gasteiger partial charge in [-0.05, 0) is 30.4 Å². The van der Waals surface area contributed by atoms with Crippen molar-refractivity contribution >= 4 is 17.7 Å². The highest BCUT2D eigenvalue weighted by molar-refractivity contribution is 7.99. The topological polar surface area (TPSA) is 37.3 Å². The van der Waals surface area contributed by atoms with Gasteiger partial charge in [-0.3, -0.25) is 4.79 Å². The average Bonchev–Trinajstić information content (AvgIpc) is 2.85. The zero-order valence-corrected chi connectivity index (χ0v) is 9.85. The molecule has 1 N–H and O–H groups in total. The van der Waals surface area contributed by atoms with Crippen molar-refractivity contribution in [3.05, 3.63) is 29.3 Å². The predicted octanol–water partition coefficient (Wildman–Crippen LogP) is 2.84. The van der Waals surface area contributed by atoms with E-state index in [9.17, 15) is 4.79 Å². The Morgan fingerprint density at radius 1 is 1.44 bits per heavy atom. The Kier molecular flexibility index (Phi) is 2.25. The summed E-state index contributed by atoms with van der Waals surface area (Å²) < 4.78 is 0. The van der Waals surface area contributed by atoms with E-state index in [4.69, 9.17) is 5.11 Å². The number of hydrogen-bond donors (Lipinski definition) is 1. The van der Waals surface area contributed by atoms with Crippen molar-refractivity contribution < 1.29 is 9.90 Å². The number of carboxylic acids is 1. The van der Waals surface area contributed by atoms with Gasteiger partial charge in [0.1, 0.15) is 0 Å². The molecule has 0 radical (unpaired) electrons. The molecule has 3 heteroatoms. The molecule has 1 aliphatic heterocycles. The van der Waals surface area contributed by atoms with Crippen molar-refractivity contribution in [1.29, 1.82) is 0 Å². The van der Waals surface area contributed by atoms with E-state index in [0.717, 1.165) is 25.0 Å². The molecule has 3 rings (SSSR count). The summed E-state index contributed by atoms with van der Waals surface area (Å²) in [6.45, 7) is 0. The number of fused-ring (bicyclic) bond motifs is 1. The Balaban J connectivity index is 2.01. The number of carbonyl (C=O) groups is 1. The van der Waals surface area contributed by atoms with Crippen LogP contribution >= 0.6 is 11.8 Å². The van der Waals surface area contributed by atoms with E-state index in [-0.39, 0.29) is 5.41 Å². The van der Waals surface area contributed by atoms with Crippen LogP contribution in [0.3, 0.4) is 0 Å². The second-order valence-electron chi connectivity index (χ2n) is 4.74. The molecule has 84 valence electrons. The van der Waals surface area contributed by atoms with Gasteiger partial charge in [0, 0.05) is 16.1 Å². The highest BCUT2D eigenvalue weighted by atomic mass is 32.2. The van der Waals surface area contributed by atoms with Crippen molar-refractivity contribution in [3.63, 3.8) is 0 Å².